The normalized spacial score (nSPS) is 23.4. The van der Waals surface area contributed by atoms with Gasteiger partial charge in [0.15, 0.2) is 0 Å². The molecule has 4 aromatic rings. The number of anilines is 2. The molecule has 1 unspecified atom stereocenters. The topological polar surface area (TPSA) is 168 Å². The molecule has 14 nitrogen and oxygen atoms in total. The fourth-order valence-electron chi connectivity index (χ4n) is 10.2. The highest BCUT2D eigenvalue weighted by molar-refractivity contribution is 6.25. The van der Waals surface area contributed by atoms with Gasteiger partial charge in [-0.25, -0.2) is 4.98 Å². The van der Waals surface area contributed by atoms with E-state index in [4.69, 9.17) is 9.84 Å². The molecule has 9 rings (SSSR count). The van der Waals surface area contributed by atoms with Crippen molar-refractivity contribution in [2.24, 2.45) is 23.2 Å². The van der Waals surface area contributed by atoms with Gasteiger partial charge in [-0.1, -0.05) is 19.1 Å². The quantitative estimate of drug-likeness (QED) is 0.146. The van der Waals surface area contributed by atoms with Crippen molar-refractivity contribution in [1.82, 2.24) is 29.9 Å². The van der Waals surface area contributed by atoms with E-state index < -0.39 is 47.4 Å². The van der Waals surface area contributed by atoms with Crippen molar-refractivity contribution in [2.45, 2.75) is 76.6 Å². The number of pyridine rings is 1. The Kier molecular flexibility index (Phi) is 10.4. The third-order valence-electron chi connectivity index (χ3n) is 13.5. The van der Waals surface area contributed by atoms with Gasteiger partial charge in [-0.15, -0.1) is 0 Å². The Morgan fingerprint density at radius 2 is 1.74 bits per heavy atom. The molecule has 320 valence electrons. The van der Waals surface area contributed by atoms with E-state index in [2.05, 4.69) is 32.8 Å². The van der Waals surface area contributed by atoms with Crippen molar-refractivity contribution in [3.63, 3.8) is 0 Å². The van der Waals surface area contributed by atoms with Crippen molar-refractivity contribution < 1.29 is 41.9 Å². The monoisotopic (exact) mass is 840 g/mol. The number of methoxy groups -OCH3 is 1. The molecule has 0 radical (unpaired) electrons. The summed E-state index contributed by atoms with van der Waals surface area (Å²) in [5.74, 6) is -0.960. The molecule has 2 atom stereocenters. The maximum absolute atomic E-state index is 13.5. The SMILES string of the molecule is COc1cc2nn(C3CCC(CN4CC5(CC([C@@H](C)CNc6cccc7c6C(=O)N(C6CCC(=O)NC6=O)C7=O)C5)C4)CC3)cc2cc1NC(=O)c1cccc(C(F)(F)F)n1. The fraction of sp³-hybridized carbons (Fsp3) is 0.477. The third kappa shape index (κ3) is 7.72. The summed E-state index contributed by atoms with van der Waals surface area (Å²) >= 11 is 0. The fourth-order valence-corrected chi connectivity index (χ4v) is 10.2. The standard InChI is InChI=1S/C44H47F3N8O6/c1-24(19-48-30-6-3-5-29-38(30)42(60)55(41(29)59)34-13-14-37(56)51-40(34)58)27-17-43(18-27)22-53(23-43)20-25-9-11-28(12-10-25)54-21-26-15-33(35(61-2)16-32(26)52-54)50-39(57)31-7-4-8-36(49-31)44(45,46)47/h3-8,15-16,21,24-25,27-28,34,48H,9-14,17-20,22-23H2,1-2H3,(H,50,57)(H,51,56,58)/t24-,25?,28?,34?/m0/s1. The zero-order valence-electron chi connectivity index (χ0n) is 33.9. The van der Waals surface area contributed by atoms with E-state index in [1.165, 1.54) is 13.2 Å². The van der Waals surface area contributed by atoms with Crippen molar-refractivity contribution in [1.29, 1.82) is 0 Å². The number of hydrogen-bond donors (Lipinski definition) is 3. The Hall–Kier alpha value is -5.84. The van der Waals surface area contributed by atoms with E-state index in [0.29, 0.717) is 52.4 Å². The van der Waals surface area contributed by atoms with Crippen LogP contribution in [0, 0.1) is 23.2 Å². The number of nitrogens with zero attached hydrogens (tertiary/aromatic N) is 5. The van der Waals surface area contributed by atoms with Crippen LogP contribution in [0.25, 0.3) is 10.9 Å². The first-order valence-electron chi connectivity index (χ1n) is 20.9. The molecule has 61 heavy (non-hydrogen) atoms. The predicted octanol–water partition coefficient (Wildman–Crippen LogP) is 6.30. The number of likely N-dealkylation sites (tertiary alicyclic amines) is 1. The van der Waals surface area contributed by atoms with Gasteiger partial charge in [0.2, 0.25) is 11.8 Å². The van der Waals surface area contributed by atoms with Crippen LogP contribution in [0.1, 0.15) is 101 Å². The smallest absolute Gasteiger partial charge is 0.433 e. The van der Waals surface area contributed by atoms with Crippen LogP contribution >= 0.6 is 0 Å². The van der Waals surface area contributed by atoms with E-state index in [9.17, 15) is 37.1 Å². The predicted molar refractivity (Wildman–Crippen MR) is 217 cm³/mol. The third-order valence-corrected chi connectivity index (χ3v) is 13.5. The minimum absolute atomic E-state index is 0.0760. The van der Waals surface area contributed by atoms with E-state index in [1.807, 2.05) is 10.9 Å². The molecule has 5 aliphatic rings. The van der Waals surface area contributed by atoms with Gasteiger partial charge in [-0.3, -0.25) is 38.9 Å². The summed E-state index contributed by atoms with van der Waals surface area (Å²) in [6.45, 7) is 6.18. The van der Waals surface area contributed by atoms with Gasteiger partial charge in [0.05, 0.1) is 35.5 Å². The average molecular weight is 841 g/mol. The second-order valence-corrected chi connectivity index (χ2v) is 17.6. The number of fused-ring (bicyclic) bond motifs is 2. The van der Waals surface area contributed by atoms with Gasteiger partial charge in [-0.05, 0) is 98.4 Å². The minimum atomic E-state index is -4.67. The number of aromatic nitrogens is 3. The Morgan fingerprint density at radius 3 is 2.46 bits per heavy atom. The molecule has 2 saturated heterocycles. The van der Waals surface area contributed by atoms with Crippen LogP contribution in [0.4, 0.5) is 24.5 Å². The summed E-state index contributed by atoms with van der Waals surface area (Å²) in [5, 5.41) is 13.9. The van der Waals surface area contributed by atoms with Crippen molar-refractivity contribution in [2.75, 3.05) is 43.9 Å². The van der Waals surface area contributed by atoms with Gasteiger partial charge < -0.3 is 20.3 Å². The number of nitrogens with one attached hydrogen (secondary N) is 3. The van der Waals surface area contributed by atoms with Crippen LogP contribution in [-0.4, -0.2) is 93.4 Å². The van der Waals surface area contributed by atoms with Crippen LogP contribution in [0.5, 0.6) is 5.75 Å². The molecule has 5 heterocycles. The summed E-state index contributed by atoms with van der Waals surface area (Å²) in [6, 6.07) is 11.0. The van der Waals surface area contributed by atoms with Crippen LogP contribution in [0.3, 0.4) is 0 Å². The molecule has 1 spiro atoms. The molecule has 3 aliphatic heterocycles. The number of imide groups is 2. The second-order valence-electron chi connectivity index (χ2n) is 17.6. The average Bonchev–Trinajstić information content (AvgIpc) is 3.74. The van der Waals surface area contributed by atoms with Gasteiger partial charge in [-0.2, -0.15) is 18.3 Å². The highest BCUT2D eigenvalue weighted by atomic mass is 19.4. The first kappa shape index (κ1) is 40.6. The zero-order chi connectivity index (χ0) is 42.8. The minimum Gasteiger partial charge on any atom is -0.494 e. The van der Waals surface area contributed by atoms with Gasteiger partial charge in [0, 0.05) is 55.9 Å². The Morgan fingerprint density at radius 1 is 0.984 bits per heavy atom. The highest BCUT2D eigenvalue weighted by Crippen LogP contribution is 2.55. The number of carbonyl (C=O) groups excluding carboxylic acids is 5. The molecule has 17 heteroatoms. The number of hydrogen-bond acceptors (Lipinski definition) is 10. The number of carbonyl (C=O) groups is 5. The van der Waals surface area contributed by atoms with Crippen LogP contribution in [0.15, 0.2) is 54.7 Å². The summed E-state index contributed by atoms with van der Waals surface area (Å²) in [7, 11) is 1.45. The molecule has 2 aliphatic carbocycles. The molecular weight excluding hydrogens is 794 g/mol. The van der Waals surface area contributed by atoms with Crippen LogP contribution in [-0.2, 0) is 15.8 Å². The lowest BCUT2D eigenvalue weighted by Crippen LogP contribution is -2.63. The lowest BCUT2D eigenvalue weighted by atomic mass is 9.54. The van der Waals surface area contributed by atoms with Gasteiger partial charge in [0.25, 0.3) is 17.7 Å². The molecule has 3 N–H and O–H groups in total. The number of halogens is 3. The van der Waals surface area contributed by atoms with E-state index in [1.54, 1.807) is 30.3 Å². The Labute approximate surface area is 349 Å². The summed E-state index contributed by atoms with van der Waals surface area (Å²) in [4.78, 5) is 70.9. The molecule has 2 aromatic heterocycles. The largest absolute Gasteiger partial charge is 0.494 e. The summed E-state index contributed by atoms with van der Waals surface area (Å²) in [5.41, 5.74) is 1.02. The lowest BCUT2D eigenvalue weighted by molar-refractivity contribution is -0.141. The van der Waals surface area contributed by atoms with Crippen molar-refractivity contribution >= 4 is 51.8 Å². The van der Waals surface area contributed by atoms with E-state index in [-0.39, 0.29) is 35.7 Å². The van der Waals surface area contributed by atoms with E-state index in [0.717, 1.165) is 80.6 Å². The number of benzene rings is 2. The Balaban J connectivity index is 0.730. The van der Waals surface area contributed by atoms with Crippen molar-refractivity contribution in [3.8, 4) is 5.75 Å². The van der Waals surface area contributed by atoms with Crippen LogP contribution < -0.4 is 20.7 Å². The first-order valence-corrected chi connectivity index (χ1v) is 20.9. The Bertz CT molecular complexity index is 2430. The molecule has 2 aromatic carbocycles. The number of piperidine rings is 1. The van der Waals surface area contributed by atoms with Gasteiger partial charge in [0.1, 0.15) is 23.2 Å². The lowest BCUT2D eigenvalue weighted by Gasteiger charge is -2.61. The number of amides is 5. The zero-order valence-corrected chi connectivity index (χ0v) is 33.9. The van der Waals surface area contributed by atoms with Crippen molar-refractivity contribution in [3.05, 3.63) is 77.2 Å². The molecule has 5 amide bonds. The van der Waals surface area contributed by atoms with Crippen LogP contribution in [0.2, 0.25) is 0 Å². The number of alkyl halides is 3. The molecule has 0 bridgehead atoms. The summed E-state index contributed by atoms with van der Waals surface area (Å²) in [6.07, 6.45) is 3.97. The maximum atomic E-state index is 13.5. The summed E-state index contributed by atoms with van der Waals surface area (Å²) < 4.78 is 47.0. The maximum Gasteiger partial charge on any atom is 0.433 e. The molecular formula is C44H47F3N8O6. The highest BCUT2D eigenvalue weighted by Gasteiger charge is 2.53. The molecule has 4 fully saturated rings. The molecule has 2 saturated carbocycles. The number of ether oxygens (including phenoxy) is 1. The number of rotatable bonds is 11. The van der Waals surface area contributed by atoms with E-state index >= 15 is 0 Å². The van der Waals surface area contributed by atoms with Gasteiger partial charge >= 0.3 is 6.18 Å². The second kappa shape index (κ2) is 15.6. The first-order chi connectivity index (χ1) is 29.2.